The summed E-state index contributed by atoms with van der Waals surface area (Å²) in [6.07, 6.45) is 4.81. The van der Waals surface area contributed by atoms with Gasteiger partial charge in [-0.05, 0) is 28.6 Å². The summed E-state index contributed by atoms with van der Waals surface area (Å²) in [5, 5.41) is 7.95. The fraction of sp³-hybridized carbons (Fsp3) is 0.667. The molecule has 0 spiro atoms. The summed E-state index contributed by atoms with van der Waals surface area (Å²) < 4.78 is 6.86. The number of nitrogens with zero attached hydrogens (tertiary/aromatic N) is 2. The Morgan fingerprint density at radius 1 is 1.63 bits per heavy atom. The van der Waals surface area contributed by atoms with Crippen molar-refractivity contribution in [3.8, 4) is 0 Å². The van der Waals surface area contributed by atoms with Crippen LogP contribution in [0.25, 0.3) is 0 Å². The molecule has 0 aliphatic carbocycles. The Morgan fingerprint density at radius 2 is 2.37 bits per heavy atom. The van der Waals surface area contributed by atoms with Gasteiger partial charge in [0.15, 0.2) is 0 Å². The van der Waals surface area contributed by atoms with Crippen LogP contribution in [0.15, 0.2) is 15.5 Å². The van der Waals surface area contributed by atoms with Gasteiger partial charge in [0.2, 0.25) is 0 Å². The predicted octanol–water partition coefficient (Wildman–Crippen LogP) is 2.21. The van der Waals surface area contributed by atoms with E-state index < -0.39 is 0 Å². The monoisotopic (exact) mass is 349 g/mol. The molecular weight excluding hydrogens is 330 g/mol. The number of ether oxygens (including phenoxy) is 1. The maximum Gasteiger partial charge on any atom is 0.283 e. The Morgan fingerprint density at radius 3 is 3.00 bits per heavy atom. The molecule has 1 unspecified atom stereocenters. The second-order valence-electron chi connectivity index (χ2n) is 4.16. The highest BCUT2D eigenvalue weighted by molar-refractivity contribution is 9.10. The number of hydrogen-bond acceptors (Lipinski definition) is 5. The van der Waals surface area contributed by atoms with E-state index in [1.165, 1.54) is 4.68 Å². The molecule has 0 aromatic carbocycles. The van der Waals surface area contributed by atoms with Crippen LogP contribution in [-0.2, 0) is 11.3 Å². The van der Waals surface area contributed by atoms with E-state index in [9.17, 15) is 4.79 Å². The van der Waals surface area contributed by atoms with Crippen molar-refractivity contribution in [2.75, 3.05) is 31.8 Å². The second kappa shape index (κ2) is 8.60. The Balaban J connectivity index is 2.65. The highest BCUT2D eigenvalue weighted by atomic mass is 79.9. The maximum absolute atomic E-state index is 12.0. The molecule has 7 heteroatoms. The van der Waals surface area contributed by atoms with Gasteiger partial charge in [0.25, 0.3) is 5.56 Å². The molecule has 0 aliphatic heterocycles. The number of halogens is 1. The molecule has 0 bridgehead atoms. The second-order valence-corrected chi connectivity index (χ2v) is 6.22. The molecular formula is C12H20BrN3O2S. The van der Waals surface area contributed by atoms with Crippen molar-refractivity contribution < 1.29 is 4.74 Å². The summed E-state index contributed by atoms with van der Waals surface area (Å²) in [6, 6.07) is 0. The molecule has 1 aromatic rings. The van der Waals surface area contributed by atoms with E-state index in [1.807, 2.05) is 11.8 Å². The third-order valence-electron chi connectivity index (χ3n) is 2.76. The summed E-state index contributed by atoms with van der Waals surface area (Å²) >= 11 is 5.16. The van der Waals surface area contributed by atoms with Gasteiger partial charge in [-0.25, -0.2) is 4.68 Å². The fourth-order valence-corrected chi connectivity index (χ4v) is 2.25. The standard InChI is InChI=1S/C12H20BrN3O2S/c1-9(19-3)4-5-14-10-8-15-16(6-7-18-2)12(17)11(10)13/h8-9,14H,4-7H2,1-3H3. The minimum Gasteiger partial charge on any atom is -0.383 e. The SMILES string of the molecule is COCCn1ncc(NCCC(C)SC)c(Br)c1=O. The van der Waals surface area contributed by atoms with Gasteiger partial charge in [0.05, 0.1) is 25.0 Å². The molecule has 1 atom stereocenters. The van der Waals surface area contributed by atoms with Crippen molar-refractivity contribution in [1.29, 1.82) is 0 Å². The molecule has 108 valence electrons. The molecule has 0 radical (unpaired) electrons. The van der Waals surface area contributed by atoms with Crippen LogP contribution in [0.2, 0.25) is 0 Å². The topological polar surface area (TPSA) is 56.1 Å². The number of thioether (sulfide) groups is 1. The van der Waals surface area contributed by atoms with E-state index in [2.05, 4.69) is 39.5 Å². The van der Waals surface area contributed by atoms with Gasteiger partial charge < -0.3 is 10.1 Å². The maximum atomic E-state index is 12.0. The molecule has 0 fully saturated rings. The minimum absolute atomic E-state index is 0.139. The van der Waals surface area contributed by atoms with Gasteiger partial charge in [0.1, 0.15) is 4.47 Å². The summed E-state index contributed by atoms with van der Waals surface area (Å²) in [7, 11) is 1.60. The fourth-order valence-electron chi connectivity index (χ4n) is 1.45. The van der Waals surface area contributed by atoms with E-state index in [-0.39, 0.29) is 5.56 Å². The molecule has 1 N–H and O–H groups in total. The van der Waals surface area contributed by atoms with Crippen molar-refractivity contribution in [1.82, 2.24) is 9.78 Å². The molecule has 19 heavy (non-hydrogen) atoms. The lowest BCUT2D eigenvalue weighted by Crippen LogP contribution is -2.26. The Bertz CT molecular complexity index is 453. The van der Waals surface area contributed by atoms with Crippen LogP contribution in [0, 0.1) is 0 Å². The molecule has 1 heterocycles. The molecule has 1 rings (SSSR count). The van der Waals surface area contributed by atoms with E-state index in [0.717, 1.165) is 18.7 Å². The van der Waals surface area contributed by atoms with E-state index in [1.54, 1.807) is 13.3 Å². The van der Waals surface area contributed by atoms with Crippen LogP contribution in [-0.4, -0.2) is 41.5 Å². The Hall–Kier alpha value is -0.530. The van der Waals surface area contributed by atoms with Gasteiger partial charge >= 0.3 is 0 Å². The number of hydrogen-bond donors (Lipinski definition) is 1. The first kappa shape index (κ1) is 16.5. The van der Waals surface area contributed by atoms with Crippen LogP contribution in [0.5, 0.6) is 0 Å². The van der Waals surface area contributed by atoms with Crippen LogP contribution >= 0.6 is 27.7 Å². The average Bonchev–Trinajstić information content (AvgIpc) is 2.42. The average molecular weight is 350 g/mol. The zero-order valence-electron chi connectivity index (χ0n) is 11.5. The van der Waals surface area contributed by atoms with Gasteiger partial charge in [-0.15, -0.1) is 0 Å². The lowest BCUT2D eigenvalue weighted by atomic mass is 10.3. The molecule has 0 amide bonds. The Kier molecular flexibility index (Phi) is 7.48. The summed E-state index contributed by atoms with van der Waals surface area (Å²) in [4.78, 5) is 12.0. The molecule has 1 aromatic heterocycles. The number of methoxy groups -OCH3 is 1. The van der Waals surface area contributed by atoms with E-state index in [4.69, 9.17) is 4.74 Å². The lowest BCUT2D eigenvalue weighted by Gasteiger charge is -2.12. The highest BCUT2D eigenvalue weighted by Gasteiger charge is 2.08. The molecule has 5 nitrogen and oxygen atoms in total. The molecule has 0 aliphatic rings. The van der Waals surface area contributed by atoms with Crippen LogP contribution in [0.4, 0.5) is 5.69 Å². The molecule has 0 saturated carbocycles. The predicted molar refractivity (Wildman–Crippen MR) is 84.2 cm³/mol. The first-order valence-electron chi connectivity index (χ1n) is 6.11. The van der Waals surface area contributed by atoms with Crippen LogP contribution in [0.1, 0.15) is 13.3 Å². The summed E-state index contributed by atoms with van der Waals surface area (Å²) in [5.74, 6) is 0. The summed E-state index contributed by atoms with van der Waals surface area (Å²) in [6.45, 7) is 3.93. The number of rotatable bonds is 8. The van der Waals surface area contributed by atoms with E-state index in [0.29, 0.717) is 22.9 Å². The normalized spacial score (nSPS) is 12.4. The largest absolute Gasteiger partial charge is 0.383 e. The number of nitrogens with one attached hydrogen (secondary N) is 1. The zero-order chi connectivity index (χ0) is 14.3. The van der Waals surface area contributed by atoms with Gasteiger partial charge in [0, 0.05) is 18.9 Å². The first-order chi connectivity index (χ1) is 9.10. The van der Waals surface area contributed by atoms with Crippen LogP contribution < -0.4 is 10.9 Å². The van der Waals surface area contributed by atoms with Crippen molar-refractivity contribution in [2.24, 2.45) is 0 Å². The summed E-state index contributed by atoms with van der Waals surface area (Å²) in [5.41, 5.74) is 0.604. The third kappa shape index (κ3) is 5.16. The number of anilines is 1. The van der Waals surface area contributed by atoms with Crippen molar-refractivity contribution in [3.05, 3.63) is 21.0 Å². The zero-order valence-corrected chi connectivity index (χ0v) is 13.9. The van der Waals surface area contributed by atoms with Gasteiger partial charge in [-0.3, -0.25) is 4.79 Å². The Labute approximate surface area is 126 Å². The quantitative estimate of drug-likeness (QED) is 0.779. The smallest absolute Gasteiger partial charge is 0.283 e. The first-order valence-corrected chi connectivity index (χ1v) is 8.19. The van der Waals surface area contributed by atoms with Gasteiger partial charge in [-0.1, -0.05) is 6.92 Å². The van der Waals surface area contributed by atoms with Crippen LogP contribution in [0.3, 0.4) is 0 Å². The highest BCUT2D eigenvalue weighted by Crippen LogP contribution is 2.17. The minimum atomic E-state index is -0.139. The molecule has 0 saturated heterocycles. The number of aromatic nitrogens is 2. The van der Waals surface area contributed by atoms with E-state index >= 15 is 0 Å². The van der Waals surface area contributed by atoms with Crippen molar-refractivity contribution >= 4 is 33.4 Å². The van der Waals surface area contributed by atoms with Crippen molar-refractivity contribution in [2.45, 2.75) is 25.1 Å². The van der Waals surface area contributed by atoms with Gasteiger partial charge in [-0.2, -0.15) is 16.9 Å². The van der Waals surface area contributed by atoms with Crippen molar-refractivity contribution in [3.63, 3.8) is 0 Å². The lowest BCUT2D eigenvalue weighted by molar-refractivity contribution is 0.181. The third-order valence-corrected chi connectivity index (χ3v) is 4.57.